The van der Waals surface area contributed by atoms with Gasteiger partial charge in [-0.15, -0.1) is 0 Å². The molecule has 1 saturated heterocycles. The van der Waals surface area contributed by atoms with Crippen LogP contribution in [0.1, 0.15) is 122 Å². The summed E-state index contributed by atoms with van der Waals surface area (Å²) in [5, 5.41) is 29.2. The molecule has 58 heavy (non-hydrogen) atoms. The first kappa shape index (κ1) is 47.4. The summed E-state index contributed by atoms with van der Waals surface area (Å²) in [7, 11) is 0. The number of carboxylic acid groups (broad SMARTS) is 1. The molecule has 3 rings (SSSR count). The van der Waals surface area contributed by atoms with E-state index in [1.165, 1.54) is 4.90 Å². The summed E-state index contributed by atoms with van der Waals surface area (Å²) in [5.74, 6) is -4.54. The molecule has 0 aromatic heterocycles. The fourth-order valence-electron chi connectivity index (χ4n) is 7.64. The molecule has 9 N–H and O–H groups in total. The van der Waals surface area contributed by atoms with Gasteiger partial charge in [-0.05, 0) is 86.8 Å². The van der Waals surface area contributed by atoms with Gasteiger partial charge in [0.2, 0.25) is 23.6 Å². The van der Waals surface area contributed by atoms with Crippen LogP contribution in [0, 0.1) is 17.8 Å². The van der Waals surface area contributed by atoms with Crippen molar-refractivity contribution in [2.75, 3.05) is 13.1 Å². The number of ketones is 1. The van der Waals surface area contributed by atoms with Crippen molar-refractivity contribution < 1.29 is 39.0 Å². The molecule has 1 aromatic carbocycles. The van der Waals surface area contributed by atoms with E-state index in [1.54, 1.807) is 18.2 Å². The van der Waals surface area contributed by atoms with E-state index in [0.29, 0.717) is 56.1 Å². The predicted molar refractivity (Wildman–Crippen MR) is 222 cm³/mol. The van der Waals surface area contributed by atoms with Gasteiger partial charge in [0, 0.05) is 32.4 Å². The molecule has 2 bridgehead atoms. The van der Waals surface area contributed by atoms with Crippen LogP contribution < -0.4 is 27.4 Å². The number of fused-ring (bicyclic) bond motifs is 3. The topological polar surface area (TPSA) is 247 Å². The molecule has 1 fully saturated rings. The molecule has 0 saturated carbocycles. The van der Waals surface area contributed by atoms with Crippen LogP contribution in [0.3, 0.4) is 0 Å². The Morgan fingerprint density at radius 1 is 1.02 bits per heavy atom. The zero-order valence-electron chi connectivity index (χ0n) is 34.8. The summed E-state index contributed by atoms with van der Waals surface area (Å²) in [4.78, 5) is 87.1. The second-order valence-corrected chi connectivity index (χ2v) is 16.3. The van der Waals surface area contributed by atoms with Crippen LogP contribution in [0.4, 0.5) is 0 Å². The number of phenolic OH excluding ortho intramolecular Hbond substituents is 1. The number of nitrogens with zero attached hydrogens (tertiary/aromatic N) is 2. The van der Waals surface area contributed by atoms with Crippen molar-refractivity contribution in [1.82, 2.24) is 20.9 Å². The van der Waals surface area contributed by atoms with Gasteiger partial charge in [-0.25, -0.2) is 0 Å². The van der Waals surface area contributed by atoms with Crippen molar-refractivity contribution in [2.24, 2.45) is 34.2 Å². The van der Waals surface area contributed by atoms with Gasteiger partial charge in [0.25, 0.3) is 0 Å². The van der Waals surface area contributed by atoms with Gasteiger partial charge in [-0.1, -0.05) is 71.2 Å². The minimum absolute atomic E-state index is 0.00518. The van der Waals surface area contributed by atoms with Crippen molar-refractivity contribution in [3.63, 3.8) is 0 Å². The summed E-state index contributed by atoms with van der Waals surface area (Å²) < 4.78 is 0. The lowest BCUT2D eigenvalue weighted by Gasteiger charge is -2.31. The number of aromatic hydroxyl groups is 1. The Morgan fingerprint density at radius 3 is 2.45 bits per heavy atom. The molecule has 15 nitrogen and oxygen atoms in total. The lowest BCUT2D eigenvalue weighted by molar-refractivity contribution is -0.145. The molecule has 1 aromatic rings. The second kappa shape index (κ2) is 24.1. The summed E-state index contributed by atoms with van der Waals surface area (Å²) in [6.07, 6.45) is 11.0. The summed E-state index contributed by atoms with van der Waals surface area (Å²) in [5.41, 5.74) is 12.3. The maximum Gasteiger partial charge on any atom is 0.306 e. The molecular weight excluding hydrogens is 743 g/mol. The fraction of sp³-hybridized carbons (Fsp3) is 0.651. The molecule has 322 valence electrons. The molecule has 2 heterocycles. The highest BCUT2D eigenvalue weighted by Crippen LogP contribution is 2.24. The Morgan fingerprint density at radius 2 is 1.76 bits per heavy atom. The number of guanidine groups is 1. The Labute approximate surface area is 343 Å². The molecule has 0 spiro atoms. The quantitative estimate of drug-likeness (QED) is 0.0623. The Bertz CT molecular complexity index is 1630. The number of nitrogens with one attached hydrogen (secondary N) is 3. The van der Waals surface area contributed by atoms with Crippen LogP contribution in [-0.4, -0.2) is 93.7 Å². The lowest BCUT2D eigenvalue weighted by atomic mass is 9.86. The van der Waals surface area contributed by atoms with Crippen molar-refractivity contribution in [1.29, 1.82) is 0 Å². The number of aliphatic carboxylic acids is 1. The minimum atomic E-state index is -1.20. The van der Waals surface area contributed by atoms with Crippen LogP contribution in [0.5, 0.6) is 5.75 Å². The normalized spacial score (nSPS) is 21.6. The highest BCUT2D eigenvalue weighted by molar-refractivity contribution is 5.96. The number of hydrogen-bond donors (Lipinski definition) is 7. The lowest BCUT2D eigenvalue weighted by Crippen LogP contribution is -2.58. The molecule has 1 unspecified atom stereocenters. The number of nitrogens with two attached hydrogens (primary N) is 2. The van der Waals surface area contributed by atoms with Gasteiger partial charge in [0.1, 0.15) is 23.9 Å². The zero-order chi connectivity index (χ0) is 42.8. The molecule has 2 aliphatic rings. The van der Waals surface area contributed by atoms with E-state index in [2.05, 4.69) is 27.0 Å². The molecule has 0 aliphatic carbocycles. The van der Waals surface area contributed by atoms with Crippen molar-refractivity contribution >= 4 is 41.3 Å². The summed E-state index contributed by atoms with van der Waals surface area (Å²) in [6, 6.07) is 0.966. The van der Waals surface area contributed by atoms with E-state index < -0.39 is 59.6 Å². The van der Waals surface area contributed by atoms with Crippen molar-refractivity contribution in [2.45, 2.75) is 148 Å². The first-order chi connectivity index (χ1) is 27.6. The number of carboxylic acids is 1. The third-order valence-electron chi connectivity index (χ3n) is 11.1. The van der Waals surface area contributed by atoms with Crippen LogP contribution in [0.15, 0.2) is 35.3 Å². The molecule has 6 atom stereocenters. The zero-order valence-corrected chi connectivity index (χ0v) is 34.8. The number of hydrogen-bond acceptors (Lipinski definition) is 8. The molecule has 4 amide bonds. The third kappa shape index (κ3) is 15.4. The van der Waals surface area contributed by atoms with Gasteiger partial charge >= 0.3 is 5.97 Å². The Hall–Kier alpha value is -4.95. The standard InChI is InChI=1S/C43H67N7O8/c1-5-28(4)38(36(52)26-31(42(57)58)23-27(2)3)49-39(54)33-25-29-19-20-35(51)30(24-29)15-11-9-7-6-8-10-12-18-37(53)47-32(16-13-21-46-43(44)45)41(56)50-22-14-17-34(50)40(55)48-33/h9,11,19-20,24,27-28,31-34,38,51H,5-8,10,12-18,21-23,25-26H2,1-4H3,(H,47,53)(H,48,55)(H,49,54)(H,57,58)(H4,44,45,46)/t28?,31-,32+,33+,34+,38+/m1/s1. The van der Waals surface area contributed by atoms with Gasteiger partial charge in [-0.3, -0.25) is 33.8 Å². The molecule has 15 heteroatoms. The monoisotopic (exact) mass is 810 g/mol. The largest absolute Gasteiger partial charge is 0.508 e. The summed E-state index contributed by atoms with van der Waals surface area (Å²) >= 11 is 0. The van der Waals surface area contributed by atoms with E-state index in [0.717, 1.165) is 25.7 Å². The van der Waals surface area contributed by atoms with Gasteiger partial charge in [-0.2, -0.15) is 0 Å². The van der Waals surface area contributed by atoms with E-state index >= 15 is 0 Å². The van der Waals surface area contributed by atoms with Gasteiger partial charge in [0.15, 0.2) is 11.7 Å². The van der Waals surface area contributed by atoms with Crippen LogP contribution in [0.25, 0.3) is 0 Å². The summed E-state index contributed by atoms with van der Waals surface area (Å²) in [6.45, 7) is 7.99. The number of allylic oxidation sites excluding steroid dienone is 2. The van der Waals surface area contributed by atoms with E-state index in [4.69, 9.17) is 11.5 Å². The van der Waals surface area contributed by atoms with Crippen molar-refractivity contribution in [3.05, 3.63) is 41.5 Å². The first-order valence-corrected chi connectivity index (χ1v) is 21.1. The molecule has 0 radical (unpaired) electrons. The smallest absolute Gasteiger partial charge is 0.306 e. The van der Waals surface area contributed by atoms with E-state index in [1.807, 2.05) is 33.8 Å². The van der Waals surface area contributed by atoms with Crippen LogP contribution in [-0.2, 0) is 41.6 Å². The average Bonchev–Trinajstić information content (AvgIpc) is 3.67. The Balaban J connectivity index is 1.99. The number of carbonyl (C=O) groups is 6. The maximum atomic E-state index is 14.3. The highest BCUT2D eigenvalue weighted by atomic mass is 16.4. The Kier molecular flexibility index (Phi) is 19.7. The SMILES string of the molecule is CCC(C)[C@H](NC(=O)[C@@H]1Cc2ccc(O)c(c2)CC=CCCCCCCC(=O)N[C@@H](CCCN=C(N)N)C(=O)N2CCC[C@H]2C(=O)N1)C(=O)C[C@@H](CC(C)C)C(=O)O. The van der Waals surface area contributed by atoms with Crippen LogP contribution >= 0.6 is 0 Å². The maximum absolute atomic E-state index is 14.3. The number of carbonyl (C=O) groups excluding carboxylic acids is 5. The van der Waals surface area contributed by atoms with E-state index in [9.17, 15) is 39.0 Å². The fourth-order valence-corrected chi connectivity index (χ4v) is 7.64. The number of Topliss-reactive ketones (excluding diaryl/α,β-unsaturated/α-hetero) is 1. The molecule has 2 aliphatic heterocycles. The average molecular weight is 810 g/mol. The van der Waals surface area contributed by atoms with Crippen molar-refractivity contribution in [3.8, 4) is 5.75 Å². The minimum Gasteiger partial charge on any atom is -0.508 e. The first-order valence-electron chi connectivity index (χ1n) is 21.1. The highest BCUT2D eigenvalue weighted by Gasteiger charge is 2.40. The van der Waals surface area contributed by atoms with E-state index in [-0.39, 0.29) is 68.2 Å². The number of aliphatic imine (C=N–C) groups is 1. The van der Waals surface area contributed by atoms with Gasteiger partial charge in [0.05, 0.1) is 12.0 Å². The van der Waals surface area contributed by atoms with Gasteiger partial charge < -0.3 is 42.5 Å². The number of phenols is 1. The van der Waals surface area contributed by atoms with Crippen LogP contribution in [0.2, 0.25) is 0 Å². The number of amides is 4. The predicted octanol–water partition coefficient (Wildman–Crippen LogP) is 3.64. The number of benzene rings is 1. The second-order valence-electron chi connectivity index (χ2n) is 16.3. The number of rotatable bonds is 14. The third-order valence-corrected chi connectivity index (χ3v) is 11.1. The molecular formula is C43H67N7O8.